The van der Waals surface area contributed by atoms with Crippen LogP contribution in [-0.2, 0) is 11.2 Å². The maximum atomic E-state index is 10.7. The molecule has 1 saturated heterocycles. The smallest absolute Gasteiger partial charge is 0.306 e. The summed E-state index contributed by atoms with van der Waals surface area (Å²) in [7, 11) is 2.04. The molecule has 2 atom stereocenters. The van der Waals surface area contributed by atoms with E-state index in [1.54, 1.807) is 6.92 Å². The fourth-order valence-corrected chi connectivity index (χ4v) is 2.07. The van der Waals surface area contributed by atoms with Gasteiger partial charge in [-0.2, -0.15) is 4.98 Å². The highest BCUT2D eigenvalue weighted by molar-refractivity contribution is 5.69. The van der Waals surface area contributed by atoms with Crippen LogP contribution < -0.4 is 0 Å². The predicted octanol–water partition coefficient (Wildman–Crippen LogP) is 1.10. The van der Waals surface area contributed by atoms with Crippen molar-refractivity contribution in [2.24, 2.45) is 5.92 Å². The Balaban J connectivity index is 2.03. The highest BCUT2D eigenvalue weighted by atomic mass is 16.5. The molecule has 1 aliphatic rings. The Morgan fingerprint density at radius 1 is 1.71 bits per heavy atom. The van der Waals surface area contributed by atoms with Crippen molar-refractivity contribution in [3.05, 3.63) is 11.7 Å². The minimum absolute atomic E-state index is 0.215. The van der Waals surface area contributed by atoms with E-state index in [1.165, 1.54) is 0 Å². The van der Waals surface area contributed by atoms with Crippen LogP contribution in [0.5, 0.6) is 0 Å². The second-order valence-corrected chi connectivity index (χ2v) is 4.63. The van der Waals surface area contributed by atoms with E-state index in [9.17, 15) is 4.79 Å². The lowest BCUT2D eigenvalue weighted by molar-refractivity contribution is -0.141. The van der Waals surface area contributed by atoms with E-state index in [4.69, 9.17) is 9.63 Å². The molecule has 17 heavy (non-hydrogen) atoms. The van der Waals surface area contributed by atoms with Gasteiger partial charge in [0, 0.05) is 6.42 Å². The quantitative estimate of drug-likeness (QED) is 0.847. The average Bonchev–Trinajstić information content (AvgIpc) is 2.86. The van der Waals surface area contributed by atoms with E-state index in [0.29, 0.717) is 18.1 Å². The zero-order valence-corrected chi connectivity index (χ0v) is 10.1. The van der Waals surface area contributed by atoms with Gasteiger partial charge in [0.25, 0.3) is 0 Å². The lowest BCUT2D eigenvalue weighted by Crippen LogP contribution is -2.18. The lowest BCUT2D eigenvalue weighted by Gasteiger charge is -2.14. The number of aliphatic carboxylic acids is 1. The molecule has 0 amide bonds. The zero-order valence-electron chi connectivity index (χ0n) is 10.1. The third-order valence-electron chi connectivity index (χ3n) is 3.20. The Kier molecular flexibility index (Phi) is 3.42. The second-order valence-electron chi connectivity index (χ2n) is 4.63. The van der Waals surface area contributed by atoms with Crippen LogP contribution in [0.25, 0.3) is 0 Å². The third kappa shape index (κ3) is 2.63. The summed E-state index contributed by atoms with van der Waals surface area (Å²) < 4.78 is 5.10. The van der Waals surface area contributed by atoms with E-state index in [0.717, 1.165) is 19.4 Å². The molecule has 6 heteroatoms. The summed E-state index contributed by atoms with van der Waals surface area (Å²) in [5.74, 6) is -0.250. The maximum Gasteiger partial charge on any atom is 0.306 e. The van der Waals surface area contributed by atoms with Crippen LogP contribution in [-0.4, -0.2) is 39.7 Å². The first-order valence-corrected chi connectivity index (χ1v) is 5.83. The van der Waals surface area contributed by atoms with Crippen molar-refractivity contribution in [3.8, 4) is 0 Å². The summed E-state index contributed by atoms with van der Waals surface area (Å²) in [6.07, 6.45) is 2.46. The van der Waals surface area contributed by atoms with Crippen molar-refractivity contribution in [1.29, 1.82) is 0 Å². The molecule has 1 aromatic heterocycles. The number of aromatic nitrogens is 2. The molecule has 0 aliphatic carbocycles. The van der Waals surface area contributed by atoms with Gasteiger partial charge in [-0.3, -0.25) is 9.69 Å². The van der Waals surface area contributed by atoms with Gasteiger partial charge < -0.3 is 9.63 Å². The van der Waals surface area contributed by atoms with Crippen LogP contribution in [0, 0.1) is 5.92 Å². The molecule has 0 radical (unpaired) electrons. The molecule has 6 nitrogen and oxygen atoms in total. The van der Waals surface area contributed by atoms with Gasteiger partial charge in [-0.05, 0) is 26.4 Å². The first kappa shape index (κ1) is 12.0. The number of likely N-dealkylation sites (tertiary alicyclic amines) is 1. The van der Waals surface area contributed by atoms with Crippen LogP contribution >= 0.6 is 0 Å². The van der Waals surface area contributed by atoms with E-state index < -0.39 is 11.9 Å². The van der Waals surface area contributed by atoms with Crippen LogP contribution in [0.2, 0.25) is 0 Å². The lowest BCUT2D eigenvalue weighted by atomic mass is 10.1. The van der Waals surface area contributed by atoms with Gasteiger partial charge in [0.05, 0.1) is 12.0 Å². The Morgan fingerprint density at radius 2 is 2.47 bits per heavy atom. The van der Waals surface area contributed by atoms with E-state index in [-0.39, 0.29) is 6.04 Å². The summed E-state index contributed by atoms with van der Waals surface area (Å²) in [5, 5.41) is 12.7. The summed E-state index contributed by atoms with van der Waals surface area (Å²) in [6.45, 7) is 2.67. The van der Waals surface area contributed by atoms with Gasteiger partial charge in [-0.15, -0.1) is 0 Å². The van der Waals surface area contributed by atoms with Crippen molar-refractivity contribution < 1.29 is 14.4 Å². The molecule has 94 valence electrons. The topological polar surface area (TPSA) is 79.5 Å². The van der Waals surface area contributed by atoms with Gasteiger partial charge in [-0.25, -0.2) is 0 Å². The SMILES string of the molecule is CC(Cc1nc(C2CCCN2C)no1)C(=O)O. The Hall–Kier alpha value is -1.43. The minimum atomic E-state index is -0.845. The number of rotatable bonds is 4. The van der Waals surface area contributed by atoms with Gasteiger partial charge in [0.15, 0.2) is 5.82 Å². The van der Waals surface area contributed by atoms with Crippen LogP contribution in [0.1, 0.15) is 37.5 Å². The summed E-state index contributed by atoms with van der Waals surface area (Å²) in [5.41, 5.74) is 0. The molecule has 0 spiro atoms. The minimum Gasteiger partial charge on any atom is -0.481 e. The molecular weight excluding hydrogens is 222 g/mol. The molecule has 1 aliphatic heterocycles. The molecule has 0 aromatic carbocycles. The number of carbonyl (C=O) groups is 1. The van der Waals surface area contributed by atoms with Gasteiger partial charge >= 0.3 is 5.97 Å². The van der Waals surface area contributed by atoms with E-state index in [2.05, 4.69) is 15.0 Å². The normalized spacial score (nSPS) is 22.8. The number of hydrogen-bond donors (Lipinski definition) is 1. The van der Waals surface area contributed by atoms with Gasteiger partial charge in [-0.1, -0.05) is 12.1 Å². The molecule has 2 heterocycles. The van der Waals surface area contributed by atoms with Crippen molar-refractivity contribution in [2.75, 3.05) is 13.6 Å². The molecule has 1 fully saturated rings. The molecular formula is C11H17N3O3. The third-order valence-corrected chi connectivity index (χ3v) is 3.20. The van der Waals surface area contributed by atoms with E-state index >= 15 is 0 Å². The largest absolute Gasteiger partial charge is 0.481 e. The second kappa shape index (κ2) is 4.83. The molecule has 2 unspecified atom stereocenters. The maximum absolute atomic E-state index is 10.7. The van der Waals surface area contributed by atoms with Gasteiger partial charge in [0.2, 0.25) is 5.89 Å². The van der Waals surface area contributed by atoms with Crippen LogP contribution in [0.4, 0.5) is 0 Å². The standard InChI is InChI=1S/C11H17N3O3/c1-7(11(15)16)6-9-12-10(13-17-9)8-4-3-5-14(8)2/h7-8H,3-6H2,1-2H3,(H,15,16). The fraction of sp³-hybridized carbons (Fsp3) is 0.727. The van der Waals surface area contributed by atoms with Crippen LogP contribution in [0.3, 0.4) is 0 Å². The van der Waals surface area contributed by atoms with Gasteiger partial charge in [0.1, 0.15) is 0 Å². The van der Waals surface area contributed by atoms with E-state index in [1.807, 2.05) is 7.05 Å². The number of hydrogen-bond acceptors (Lipinski definition) is 5. The first-order chi connectivity index (χ1) is 8.08. The molecule has 2 rings (SSSR count). The highest BCUT2D eigenvalue weighted by Crippen LogP contribution is 2.28. The molecule has 0 bridgehead atoms. The van der Waals surface area contributed by atoms with Crippen molar-refractivity contribution in [1.82, 2.24) is 15.0 Å². The van der Waals surface area contributed by atoms with Crippen molar-refractivity contribution >= 4 is 5.97 Å². The number of carboxylic acid groups (broad SMARTS) is 1. The summed E-state index contributed by atoms with van der Waals surface area (Å²) in [4.78, 5) is 17.2. The molecule has 0 saturated carbocycles. The first-order valence-electron chi connectivity index (χ1n) is 5.83. The van der Waals surface area contributed by atoms with Crippen molar-refractivity contribution in [3.63, 3.8) is 0 Å². The number of carboxylic acids is 1. The summed E-state index contributed by atoms with van der Waals surface area (Å²) >= 11 is 0. The Bertz CT molecular complexity index is 404. The average molecular weight is 239 g/mol. The Labute approximate surface area is 99.6 Å². The van der Waals surface area contributed by atoms with Crippen LogP contribution in [0.15, 0.2) is 4.52 Å². The number of nitrogens with zero attached hydrogens (tertiary/aromatic N) is 3. The fourth-order valence-electron chi connectivity index (χ4n) is 2.07. The monoisotopic (exact) mass is 239 g/mol. The van der Waals surface area contributed by atoms with Crippen molar-refractivity contribution in [2.45, 2.75) is 32.2 Å². The summed E-state index contributed by atoms with van der Waals surface area (Å²) in [6, 6.07) is 0.215. The highest BCUT2D eigenvalue weighted by Gasteiger charge is 2.27. The molecule has 1 aromatic rings. The Morgan fingerprint density at radius 3 is 3.06 bits per heavy atom. The predicted molar refractivity (Wildman–Crippen MR) is 59.4 cm³/mol. The molecule has 1 N–H and O–H groups in total. The zero-order chi connectivity index (χ0) is 12.4.